The van der Waals surface area contributed by atoms with Gasteiger partial charge in [0.05, 0.1) is 16.1 Å². The van der Waals surface area contributed by atoms with Gasteiger partial charge in [0, 0.05) is 87.1 Å². The average molecular weight is 825 g/mol. The van der Waals surface area contributed by atoms with Crippen LogP contribution in [0.5, 0.6) is 0 Å². The first kappa shape index (κ1) is 33.4. The van der Waals surface area contributed by atoms with E-state index in [2.05, 4.69) is 175 Å². The second-order valence-electron chi connectivity index (χ2n) is 14.7. The van der Waals surface area contributed by atoms with Gasteiger partial charge in [0.15, 0.2) is 11.6 Å². The van der Waals surface area contributed by atoms with Crippen molar-refractivity contribution in [2.75, 3.05) is 4.90 Å². The van der Waals surface area contributed by atoms with Crippen LogP contribution in [0, 0.1) is 0 Å². The molecule has 0 bridgehead atoms. The fourth-order valence-electron chi connectivity index (χ4n) is 8.63. The Kier molecular flexibility index (Phi) is 7.35. The molecule has 4 nitrogen and oxygen atoms in total. The van der Waals surface area contributed by atoms with Crippen LogP contribution in [0.25, 0.3) is 103 Å². The first-order valence-corrected chi connectivity index (χ1v) is 22.7. The van der Waals surface area contributed by atoms with Gasteiger partial charge in [-0.1, -0.05) is 103 Å². The van der Waals surface area contributed by atoms with E-state index >= 15 is 0 Å². The zero-order valence-corrected chi connectivity index (χ0v) is 34.4. The van der Waals surface area contributed by atoms with Gasteiger partial charge in [-0.05, 0) is 66.7 Å². The maximum Gasteiger partial charge on any atom is 0.238 e. The Morgan fingerprint density at radius 1 is 0.339 bits per heavy atom. The Morgan fingerprint density at radius 2 is 0.864 bits per heavy atom. The molecule has 0 aliphatic carbocycles. The zero-order valence-electron chi connectivity index (χ0n) is 31.1. The van der Waals surface area contributed by atoms with Crippen LogP contribution < -0.4 is 4.90 Å². The van der Waals surface area contributed by atoms with E-state index in [0.717, 1.165) is 22.5 Å². The fourth-order valence-corrected chi connectivity index (χ4v) is 13.3. The lowest BCUT2D eigenvalue weighted by molar-refractivity contribution is 1.03. The molecule has 59 heavy (non-hydrogen) atoms. The number of fused-ring (bicyclic) bond motifs is 12. The highest BCUT2D eigenvalue weighted by molar-refractivity contribution is 7.27. The van der Waals surface area contributed by atoms with Crippen molar-refractivity contribution in [2.45, 2.75) is 0 Å². The predicted molar refractivity (Wildman–Crippen MR) is 257 cm³/mol. The molecule has 0 saturated heterocycles. The molecule has 0 amide bonds. The Hall–Kier alpha value is -6.55. The molecule has 0 radical (unpaired) electrons. The number of thiophene rings is 4. The smallest absolute Gasteiger partial charge is 0.238 e. The molecule has 0 atom stereocenters. The summed E-state index contributed by atoms with van der Waals surface area (Å²) in [6.45, 7) is 0. The van der Waals surface area contributed by atoms with Crippen molar-refractivity contribution in [3.63, 3.8) is 0 Å². The van der Waals surface area contributed by atoms with Gasteiger partial charge in [0.2, 0.25) is 5.95 Å². The van der Waals surface area contributed by atoms with Gasteiger partial charge in [-0.3, -0.25) is 4.90 Å². The van der Waals surface area contributed by atoms with Crippen LogP contribution in [0.3, 0.4) is 0 Å². The lowest BCUT2D eigenvalue weighted by Gasteiger charge is -2.25. The Bertz CT molecular complexity index is 3830. The predicted octanol–water partition coefficient (Wildman–Crippen LogP) is 16.1. The van der Waals surface area contributed by atoms with Crippen LogP contribution >= 0.6 is 45.3 Å². The first-order chi connectivity index (χ1) is 29.2. The molecule has 8 heteroatoms. The Balaban J connectivity index is 1.12. The first-order valence-electron chi connectivity index (χ1n) is 19.4. The summed E-state index contributed by atoms with van der Waals surface area (Å²) in [6.07, 6.45) is 0. The van der Waals surface area contributed by atoms with E-state index in [1.165, 1.54) is 80.7 Å². The molecular weight excluding hydrogens is 797 g/mol. The maximum atomic E-state index is 5.51. The normalized spacial score (nSPS) is 12.1. The molecule has 0 spiro atoms. The summed E-state index contributed by atoms with van der Waals surface area (Å²) in [7, 11) is 0. The van der Waals surface area contributed by atoms with Crippen molar-refractivity contribution >= 4 is 143 Å². The molecule has 0 aliphatic rings. The van der Waals surface area contributed by atoms with Crippen LogP contribution in [0.15, 0.2) is 170 Å². The van der Waals surface area contributed by atoms with Gasteiger partial charge >= 0.3 is 0 Å². The molecule has 0 aliphatic heterocycles. The minimum Gasteiger partial charge on any atom is -0.278 e. The van der Waals surface area contributed by atoms with E-state index in [4.69, 9.17) is 15.0 Å². The lowest BCUT2D eigenvalue weighted by atomic mass is 10.1. The second kappa shape index (κ2) is 13.0. The molecule has 0 N–H and O–H groups in total. The lowest BCUT2D eigenvalue weighted by Crippen LogP contribution is -2.15. The molecule has 0 fully saturated rings. The molecule has 13 aromatic rings. The van der Waals surface area contributed by atoms with Crippen molar-refractivity contribution in [3.8, 4) is 22.8 Å². The summed E-state index contributed by atoms with van der Waals surface area (Å²) < 4.78 is 9.86. The number of rotatable bonds is 5. The van der Waals surface area contributed by atoms with Gasteiger partial charge in [-0.15, -0.1) is 45.3 Å². The van der Waals surface area contributed by atoms with E-state index < -0.39 is 0 Å². The number of nitrogens with zero attached hydrogens (tertiary/aromatic N) is 4. The van der Waals surface area contributed by atoms with Gasteiger partial charge in [0.1, 0.15) is 0 Å². The zero-order chi connectivity index (χ0) is 38.6. The third-order valence-electron chi connectivity index (χ3n) is 11.3. The number of benzene rings is 8. The van der Waals surface area contributed by atoms with Crippen LogP contribution in [-0.4, -0.2) is 15.0 Å². The second-order valence-corrected chi connectivity index (χ2v) is 19.0. The molecule has 13 rings (SSSR count). The minimum absolute atomic E-state index is 0.573. The third kappa shape index (κ3) is 5.21. The molecule has 5 aromatic heterocycles. The number of anilines is 3. The topological polar surface area (TPSA) is 41.9 Å². The van der Waals surface area contributed by atoms with Crippen molar-refractivity contribution in [2.24, 2.45) is 0 Å². The summed E-state index contributed by atoms with van der Waals surface area (Å²) in [6, 6.07) is 61.2. The molecular formula is C51H28N4S4. The van der Waals surface area contributed by atoms with Crippen LogP contribution in [-0.2, 0) is 0 Å². The van der Waals surface area contributed by atoms with Gasteiger partial charge in [-0.25, -0.2) is 4.98 Å². The summed E-state index contributed by atoms with van der Waals surface area (Å²) in [5.41, 5.74) is 3.98. The molecule has 276 valence electrons. The highest BCUT2D eigenvalue weighted by Gasteiger charge is 2.25. The molecule has 5 heterocycles. The van der Waals surface area contributed by atoms with Crippen molar-refractivity contribution in [1.82, 2.24) is 15.0 Å². The van der Waals surface area contributed by atoms with Crippen molar-refractivity contribution in [3.05, 3.63) is 170 Å². The monoisotopic (exact) mass is 824 g/mol. The summed E-state index contributed by atoms with van der Waals surface area (Å²) in [4.78, 5) is 18.6. The highest BCUT2D eigenvalue weighted by atomic mass is 32.1. The fraction of sp³-hybridized carbons (Fsp3) is 0. The van der Waals surface area contributed by atoms with E-state index in [-0.39, 0.29) is 0 Å². The standard InChI is InChI=1S/C51H28N4S4/c1-5-19-41-31(11-1)35-25-24-30(28-46(35)57-41)55(40-18-10-16-37-33-13-3-8-22-44(33)59-48(37)40)51-53-49(29-23-26-45-39(27-29)34-14-4-6-20-42(34)56-45)52-50(54-51)38-17-9-15-36-32-12-2-7-21-43(32)58-47(36)38/h1-28H. The van der Waals surface area contributed by atoms with Gasteiger partial charge < -0.3 is 0 Å². The maximum absolute atomic E-state index is 5.51. The summed E-state index contributed by atoms with van der Waals surface area (Å²) in [5, 5.41) is 9.89. The SMILES string of the molecule is c1ccc2c(c1)sc1cc(N(c3nc(-c4ccc5sc6ccccc6c5c4)nc(-c4cccc5c4sc4ccccc45)n3)c3cccc4c3sc3ccccc34)ccc12. The minimum atomic E-state index is 0.573. The summed E-state index contributed by atoms with van der Waals surface area (Å²) >= 11 is 7.25. The van der Waals surface area contributed by atoms with Crippen LogP contribution in [0.1, 0.15) is 0 Å². The highest BCUT2D eigenvalue weighted by Crippen LogP contribution is 2.47. The molecule has 8 aromatic carbocycles. The van der Waals surface area contributed by atoms with E-state index in [0.29, 0.717) is 17.6 Å². The molecule has 0 unspecified atom stereocenters. The van der Waals surface area contributed by atoms with Crippen LogP contribution in [0.2, 0.25) is 0 Å². The number of hydrogen-bond acceptors (Lipinski definition) is 8. The third-order valence-corrected chi connectivity index (χ3v) is 16.1. The van der Waals surface area contributed by atoms with E-state index in [1.54, 1.807) is 11.3 Å². The van der Waals surface area contributed by atoms with E-state index in [9.17, 15) is 0 Å². The Labute approximate surface area is 353 Å². The van der Waals surface area contributed by atoms with Gasteiger partial charge in [0.25, 0.3) is 0 Å². The largest absolute Gasteiger partial charge is 0.278 e. The van der Waals surface area contributed by atoms with Crippen LogP contribution in [0.4, 0.5) is 17.3 Å². The quantitative estimate of drug-likeness (QED) is 0.173. The summed E-state index contributed by atoms with van der Waals surface area (Å²) in [5.74, 6) is 1.86. The van der Waals surface area contributed by atoms with E-state index in [1.807, 2.05) is 34.0 Å². The number of aromatic nitrogens is 3. The number of hydrogen-bond donors (Lipinski definition) is 0. The Morgan fingerprint density at radius 3 is 1.59 bits per heavy atom. The van der Waals surface area contributed by atoms with Gasteiger partial charge in [-0.2, -0.15) is 9.97 Å². The van der Waals surface area contributed by atoms with Crippen molar-refractivity contribution < 1.29 is 0 Å². The average Bonchev–Trinajstić information content (AvgIpc) is 4.06. The molecule has 0 saturated carbocycles. The van der Waals surface area contributed by atoms with Crippen molar-refractivity contribution in [1.29, 1.82) is 0 Å².